The Morgan fingerprint density at radius 3 is 1.72 bits per heavy atom. The van der Waals surface area contributed by atoms with Gasteiger partial charge in [-0.15, -0.1) is 0 Å². The van der Waals surface area contributed by atoms with Crippen molar-refractivity contribution in [2.75, 3.05) is 5.73 Å². The third-order valence-corrected chi connectivity index (χ3v) is 2.87. The van der Waals surface area contributed by atoms with Crippen LogP contribution in [0.2, 0.25) is 0 Å². The monoisotopic (exact) mass is 337 g/mol. The lowest BCUT2D eigenvalue weighted by molar-refractivity contribution is 1.19. The Kier molecular flexibility index (Phi) is 19.3. The van der Waals surface area contributed by atoms with Gasteiger partial charge >= 0.3 is 0 Å². The quantitative estimate of drug-likeness (QED) is 0.462. The highest BCUT2D eigenvalue weighted by Crippen LogP contribution is 2.08. The number of para-hydroxylation sites is 1. The minimum absolute atomic E-state index is 0.822. The van der Waals surface area contributed by atoms with E-state index in [2.05, 4.69) is 49.9 Å². The Morgan fingerprint density at radius 1 is 0.880 bits per heavy atom. The van der Waals surface area contributed by atoms with Gasteiger partial charge in [-0.1, -0.05) is 107 Å². The maximum Gasteiger partial charge on any atom is 0.0313 e. The second-order valence-corrected chi connectivity index (χ2v) is 4.53. The van der Waals surface area contributed by atoms with Crippen molar-refractivity contribution in [1.29, 1.82) is 0 Å². The molecule has 0 heterocycles. The highest BCUT2D eigenvalue weighted by Gasteiger charge is 1.93. The van der Waals surface area contributed by atoms with Gasteiger partial charge in [0.1, 0.15) is 0 Å². The van der Waals surface area contributed by atoms with Gasteiger partial charge in [0.05, 0.1) is 0 Å². The first-order chi connectivity index (χ1) is 12.3. The van der Waals surface area contributed by atoms with Crippen LogP contribution in [0.5, 0.6) is 0 Å². The lowest BCUT2D eigenvalue weighted by Gasteiger charge is -2.01. The molecule has 0 aliphatic carbocycles. The molecule has 0 saturated heterocycles. The molecule has 136 valence electrons. The molecule has 0 unspecified atom stereocenters. The zero-order valence-corrected chi connectivity index (χ0v) is 16.6. The molecule has 0 saturated carbocycles. The van der Waals surface area contributed by atoms with Gasteiger partial charge in [0.25, 0.3) is 0 Å². The van der Waals surface area contributed by atoms with Gasteiger partial charge < -0.3 is 5.73 Å². The van der Waals surface area contributed by atoms with Crippen molar-refractivity contribution in [2.45, 2.75) is 41.0 Å². The van der Waals surface area contributed by atoms with Crippen LogP contribution in [0, 0.1) is 0 Å². The molecule has 1 heteroatoms. The molecular weight excluding hydrogens is 302 g/mol. The Balaban J connectivity index is 0. The molecule has 0 bridgehead atoms. The second kappa shape index (κ2) is 19.5. The fourth-order valence-corrected chi connectivity index (χ4v) is 1.73. The summed E-state index contributed by atoms with van der Waals surface area (Å²) in [5.41, 5.74) is 8.84. The standard InChI is InChI=1S/C14H16.C6H7N.2C2H6/c1-3-5-9-13(4-2)12-14-10-7-6-8-11-14;7-6-4-2-1-3-5-6;2*1-2/h3-11H,1,12H2,2H3;1-5H,7H2;2*1-2H3/b9-5-,13-4+;;;. The first kappa shape index (κ1) is 24.7. The van der Waals surface area contributed by atoms with E-state index >= 15 is 0 Å². The number of hydrogen-bond donors (Lipinski definition) is 1. The maximum absolute atomic E-state index is 5.36. The van der Waals surface area contributed by atoms with Gasteiger partial charge in [0, 0.05) is 5.69 Å². The van der Waals surface area contributed by atoms with E-state index in [1.165, 1.54) is 11.1 Å². The van der Waals surface area contributed by atoms with E-state index in [-0.39, 0.29) is 0 Å². The van der Waals surface area contributed by atoms with Gasteiger partial charge in [0.15, 0.2) is 0 Å². The van der Waals surface area contributed by atoms with Crippen molar-refractivity contribution in [3.8, 4) is 0 Å². The predicted molar refractivity (Wildman–Crippen MR) is 117 cm³/mol. The zero-order valence-electron chi connectivity index (χ0n) is 16.6. The zero-order chi connectivity index (χ0) is 19.3. The summed E-state index contributed by atoms with van der Waals surface area (Å²) < 4.78 is 0. The lowest BCUT2D eigenvalue weighted by Crippen LogP contribution is -1.86. The van der Waals surface area contributed by atoms with Crippen molar-refractivity contribution in [3.05, 3.63) is 103 Å². The number of anilines is 1. The van der Waals surface area contributed by atoms with Crippen molar-refractivity contribution in [1.82, 2.24) is 0 Å². The van der Waals surface area contributed by atoms with Crippen molar-refractivity contribution in [3.63, 3.8) is 0 Å². The molecule has 1 nitrogen and oxygen atoms in total. The normalized spacial score (nSPS) is 9.56. The summed E-state index contributed by atoms with van der Waals surface area (Å²) in [6.45, 7) is 13.7. The average Bonchev–Trinajstić information content (AvgIpc) is 2.70. The molecule has 0 aliphatic rings. The number of rotatable bonds is 4. The smallest absolute Gasteiger partial charge is 0.0313 e. The van der Waals surface area contributed by atoms with Crippen LogP contribution in [0.1, 0.15) is 40.2 Å². The molecule has 0 aromatic heterocycles. The van der Waals surface area contributed by atoms with E-state index in [1.54, 1.807) is 6.08 Å². The molecule has 0 radical (unpaired) electrons. The molecule has 2 N–H and O–H groups in total. The molecule has 25 heavy (non-hydrogen) atoms. The Labute approximate surface area is 155 Å². The van der Waals surface area contributed by atoms with Crippen LogP contribution in [0.4, 0.5) is 5.69 Å². The van der Waals surface area contributed by atoms with Gasteiger partial charge in [-0.05, 0) is 36.6 Å². The lowest BCUT2D eigenvalue weighted by atomic mass is 10.0. The van der Waals surface area contributed by atoms with E-state index < -0.39 is 0 Å². The highest BCUT2D eigenvalue weighted by atomic mass is 14.5. The molecule has 0 fully saturated rings. The minimum atomic E-state index is 0.822. The first-order valence-corrected chi connectivity index (χ1v) is 9.05. The van der Waals surface area contributed by atoms with Crippen LogP contribution in [0.3, 0.4) is 0 Å². The van der Waals surface area contributed by atoms with Crippen LogP contribution in [-0.2, 0) is 6.42 Å². The predicted octanol–water partition coefficient (Wildman–Crippen LogP) is 7.24. The van der Waals surface area contributed by atoms with Crippen molar-refractivity contribution >= 4 is 5.69 Å². The van der Waals surface area contributed by atoms with Gasteiger partial charge in [-0.2, -0.15) is 0 Å². The third kappa shape index (κ3) is 14.8. The van der Waals surface area contributed by atoms with Crippen LogP contribution >= 0.6 is 0 Å². The number of benzene rings is 2. The fourth-order valence-electron chi connectivity index (χ4n) is 1.73. The molecular formula is C24H35N. The molecule has 2 aromatic rings. The van der Waals surface area contributed by atoms with Crippen molar-refractivity contribution in [2.24, 2.45) is 0 Å². The largest absolute Gasteiger partial charge is 0.399 e. The van der Waals surface area contributed by atoms with Crippen LogP contribution in [0.25, 0.3) is 0 Å². The summed E-state index contributed by atoms with van der Waals surface area (Å²) in [4.78, 5) is 0. The number of allylic oxidation sites excluding steroid dienone is 5. The summed E-state index contributed by atoms with van der Waals surface area (Å²) in [5, 5.41) is 0. The van der Waals surface area contributed by atoms with E-state index in [0.29, 0.717) is 0 Å². The number of hydrogen-bond acceptors (Lipinski definition) is 1. The van der Waals surface area contributed by atoms with Gasteiger partial charge in [0.2, 0.25) is 0 Å². The summed E-state index contributed by atoms with van der Waals surface area (Å²) >= 11 is 0. The Morgan fingerprint density at radius 2 is 1.36 bits per heavy atom. The fraction of sp³-hybridized carbons (Fsp3) is 0.250. The van der Waals surface area contributed by atoms with Gasteiger partial charge in [-0.25, -0.2) is 0 Å². The molecule has 2 rings (SSSR count). The SMILES string of the molecule is C=C/C=C\C(=C/C)Cc1ccccc1.CC.CC.Nc1ccccc1. The molecule has 0 aliphatic heterocycles. The van der Waals surface area contributed by atoms with E-state index in [0.717, 1.165) is 12.1 Å². The summed E-state index contributed by atoms with van der Waals surface area (Å²) in [7, 11) is 0. The second-order valence-electron chi connectivity index (χ2n) is 4.53. The van der Waals surface area contributed by atoms with Crippen LogP contribution < -0.4 is 5.73 Å². The van der Waals surface area contributed by atoms with E-state index in [9.17, 15) is 0 Å². The molecule has 2 aromatic carbocycles. The van der Waals surface area contributed by atoms with E-state index in [1.807, 2.05) is 70.2 Å². The average molecular weight is 338 g/mol. The van der Waals surface area contributed by atoms with Crippen LogP contribution in [0.15, 0.2) is 97.1 Å². The summed E-state index contributed by atoms with van der Waals surface area (Å²) in [5.74, 6) is 0. The highest BCUT2D eigenvalue weighted by molar-refractivity contribution is 5.35. The Hall–Kier alpha value is -2.54. The van der Waals surface area contributed by atoms with E-state index in [4.69, 9.17) is 5.73 Å². The van der Waals surface area contributed by atoms with Crippen LogP contribution in [-0.4, -0.2) is 0 Å². The maximum atomic E-state index is 5.36. The molecule has 0 spiro atoms. The minimum Gasteiger partial charge on any atom is -0.399 e. The Bertz CT molecular complexity index is 566. The summed E-state index contributed by atoms with van der Waals surface area (Å²) in [6, 6.07) is 20.0. The third-order valence-electron chi connectivity index (χ3n) is 2.87. The molecule has 0 atom stereocenters. The summed E-state index contributed by atoms with van der Waals surface area (Å²) in [6.07, 6.45) is 8.99. The number of nitrogens with two attached hydrogens (primary N) is 1. The molecule has 0 amide bonds. The van der Waals surface area contributed by atoms with Gasteiger partial charge in [-0.3, -0.25) is 0 Å². The first-order valence-electron chi connectivity index (χ1n) is 9.05. The topological polar surface area (TPSA) is 26.0 Å². The van der Waals surface area contributed by atoms with Crippen molar-refractivity contribution < 1.29 is 0 Å². The number of nitrogen functional groups attached to an aromatic ring is 1.